The number of hydrogen-bond donors (Lipinski definition) is 2. The van der Waals surface area contributed by atoms with E-state index in [1.165, 1.54) is 6.07 Å². The lowest BCUT2D eigenvalue weighted by Crippen LogP contribution is -2.32. The molecule has 2 N–H and O–H groups in total. The van der Waals surface area contributed by atoms with E-state index in [0.29, 0.717) is 11.3 Å². The molecule has 0 aliphatic carbocycles. The van der Waals surface area contributed by atoms with Crippen molar-refractivity contribution in [3.05, 3.63) is 33.4 Å². The second-order valence-electron chi connectivity index (χ2n) is 5.34. The molecule has 0 spiro atoms. The number of nitro benzene ring substituents is 1. The summed E-state index contributed by atoms with van der Waals surface area (Å²) in [4.78, 5) is 22.8. The first-order valence-electron chi connectivity index (χ1n) is 6.70. The van der Waals surface area contributed by atoms with E-state index < -0.39 is 4.92 Å². The van der Waals surface area contributed by atoms with E-state index >= 15 is 0 Å². The smallest absolute Gasteiger partial charge is 0.274 e. The summed E-state index contributed by atoms with van der Waals surface area (Å²) in [6.07, 6.45) is 0.792. The zero-order valence-corrected chi connectivity index (χ0v) is 11.9. The van der Waals surface area contributed by atoms with E-state index in [4.69, 9.17) is 0 Å². The van der Waals surface area contributed by atoms with Gasteiger partial charge in [0.05, 0.1) is 16.5 Å². The summed E-state index contributed by atoms with van der Waals surface area (Å²) in [5.41, 5.74) is 1.98. The van der Waals surface area contributed by atoms with Gasteiger partial charge in [0.15, 0.2) is 0 Å². The molecule has 0 aromatic heterocycles. The van der Waals surface area contributed by atoms with E-state index in [-0.39, 0.29) is 23.6 Å². The van der Waals surface area contributed by atoms with Crippen molar-refractivity contribution in [3.63, 3.8) is 0 Å². The summed E-state index contributed by atoms with van der Waals surface area (Å²) in [7, 11) is 0. The van der Waals surface area contributed by atoms with Crippen molar-refractivity contribution in [2.24, 2.45) is 5.92 Å². The molecule has 1 amide bonds. The molecule has 0 saturated carbocycles. The number of amides is 1. The Morgan fingerprint density at radius 1 is 1.40 bits per heavy atom. The third-order valence-corrected chi connectivity index (χ3v) is 3.86. The number of nitrogens with one attached hydrogen (secondary N) is 2. The summed E-state index contributed by atoms with van der Waals surface area (Å²) in [6.45, 7) is 6.33. The second-order valence-corrected chi connectivity index (χ2v) is 5.34. The Hall–Kier alpha value is -1.95. The summed E-state index contributed by atoms with van der Waals surface area (Å²) in [5, 5.41) is 17.0. The van der Waals surface area contributed by atoms with E-state index in [1.807, 2.05) is 13.8 Å². The van der Waals surface area contributed by atoms with Crippen LogP contribution < -0.4 is 10.6 Å². The highest BCUT2D eigenvalue weighted by Crippen LogP contribution is 2.27. The minimum Gasteiger partial charge on any atom is -0.325 e. The molecular formula is C14H19N3O3. The largest absolute Gasteiger partial charge is 0.325 e. The van der Waals surface area contributed by atoms with Crippen molar-refractivity contribution in [2.45, 2.75) is 33.2 Å². The Morgan fingerprint density at radius 3 is 2.65 bits per heavy atom. The van der Waals surface area contributed by atoms with E-state index in [1.54, 1.807) is 13.0 Å². The van der Waals surface area contributed by atoms with Gasteiger partial charge in [0.2, 0.25) is 5.91 Å². The minimum absolute atomic E-state index is 0.0310. The number of benzene rings is 1. The molecule has 2 unspecified atom stereocenters. The maximum Gasteiger partial charge on any atom is 0.274 e. The van der Waals surface area contributed by atoms with Crippen molar-refractivity contribution in [2.75, 3.05) is 11.9 Å². The Bertz CT molecular complexity index is 557. The van der Waals surface area contributed by atoms with Gasteiger partial charge in [-0.2, -0.15) is 0 Å². The maximum atomic E-state index is 12.2. The van der Waals surface area contributed by atoms with Crippen LogP contribution in [0.3, 0.4) is 0 Å². The molecule has 6 heteroatoms. The van der Waals surface area contributed by atoms with Crippen LogP contribution >= 0.6 is 0 Å². The Balaban J connectivity index is 2.22. The number of aryl methyl sites for hydroxylation is 2. The zero-order valence-electron chi connectivity index (χ0n) is 11.9. The van der Waals surface area contributed by atoms with Crippen LogP contribution in [0.25, 0.3) is 0 Å². The van der Waals surface area contributed by atoms with Gasteiger partial charge in [-0.15, -0.1) is 0 Å². The van der Waals surface area contributed by atoms with Crippen LogP contribution in [-0.4, -0.2) is 23.4 Å². The average Bonchev–Trinajstić information content (AvgIpc) is 2.78. The Kier molecular flexibility index (Phi) is 4.04. The highest BCUT2D eigenvalue weighted by molar-refractivity contribution is 5.94. The first-order chi connectivity index (χ1) is 9.40. The fourth-order valence-electron chi connectivity index (χ4n) is 2.61. The highest BCUT2D eigenvalue weighted by Gasteiger charge is 2.29. The molecule has 2 atom stereocenters. The van der Waals surface area contributed by atoms with Crippen molar-refractivity contribution in [1.29, 1.82) is 0 Å². The monoisotopic (exact) mass is 277 g/mol. The number of carbonyl (C=O) groups is 1. The van der Waals surface area contributed by atoms with E-state index in [0.717, 1.165) is 18.5 Å². The van der Waals surface area contributed by atoms with Gasteiger partial charge < -0.3 is 10.6 Å². The number of rotatable bonds is 3. The fourth-order valence-corrected chi connectivity index (χ4v) is 2.61. The predicted molar refractivity (Wildman–Crippen MR) is 76.8 cm³/mol. The van der Waals surface area contributed by atoms with Crippen LogP contribution in [0.4, 0.5) is 11.4 Å². The molecule has 20 heavy (non-hydrogen) atoms. The summed E-state index contributed by atoms with van der Waals surface area (Å²) in [6, 6.07) is 3.30. The SMILES string of the molecule is Cc1cc(C)c([N+](=O)[O-])cc1NC(=O)C1CCNC1C. The lowest BCUT2D eigenvalue weighted by molar-refractivity contribution is -0.385. The molecule has 0 radical (unpaired) electrons. The molecule has 1 heterocycles. The predicted octanol–water partition coefficient (Wildman–Crippen LogP) is 2.15. The topological polar surface area (TPSA) is 84.3 Å². The fraction of sp³-hybridized carbons (Fsp3) is 0.500. The number of nitrogens with zero attached hydrogens (tertiary/aromatic N) is 1. The third kappa shape index (κ3) is 2.80. The van der Waals surface area contributed by atoms with Crippen molar-refractivity contribution < 1.29 is 9.72 Å². The minimum atomic E-state index is -0.426. The standard InChI is InChI=1S/C14H19N3O3/c1-8-6-9(2)13(17(19)20)7-12(8)16-14(18)11-4-5-15-10(11)3/h6-7,10-11,15H,4-5H2,1-3H3,(H,16,18). The van der Waals surface area contributed by atoms with Gasteiger partial charge in [-0.3, -0.25) is 14.9 Å². The van der Waals surface area contributed by atoms with Gasteiger partial charge in [-0.25, -0.2) is 0 Å². The Morgan fingerprint density at radius 2 is 2.10 bits per heavy atom. The van der Waals surface area contributed by atoms with Gasteiger partial charge >= 0.3 is 0 Å². The lowest BCUT2D eigenvalue weighted by Gasteiger charge is -2.16. The molecule has 0 bridgehead atoms. The van der Waals surface area contributed by atoms with Gasteiger partial charge in [0, 0.05) is 17.7 Å². The van der Waals surface area contributed by atoms with Crippen LogP contribution in [0.15, 0.2) is 12.1 Å². The lowest BCUT2D eigenvalue weighted by atomic mass is 10.0. The molecule has 1 saturated heterocycles. The molecule has 1 fully saturated rings. The van der Waals surface area contributed by atoms with Crippen LogP contribution in [0.2, 0.25) is 0 Å². The molecule has 108 valence electrons. The van der Waals surface area contributed by atoms with Gasteiger partial charge in [-0.05, 0) is 45.4 Å². The quantitative estimate of drug-likeness (QED) is 0.655. The molecular weight excluding hydrogens is 258 g/mol. The number of carbonyl (C=O) groups excluding carboxylic acids is 1. The van der Waals surface area contributed by atoms with Crippen LogP contribution in [-0.2, 0) is 4.79 Å². The van der Waals surface area contributed by atoms with Crippen molar-refractivity contribution in [3.8, 4) is 0 Å². The number of anilines is 1. The summed E-state index contributed by atoms with van der Waals surface area (Å²) >= 11 is 0. The normalized spacial score (nSPS) is 21.8. The first-order valence-corrected chi connectivity index (χ1v) is 6.70. The molecule has 1 aromatic carbocycles. The molecule has 6 nitrogen and oxygen atoms in total. The van der Waals surface area contributed by atoms with Crippen LogP contribution in [0, 0.1) is 29.9 Å². The molecule has 1 aromatic rings. The van der Waals surface area contributed by atoms with Crippen LogP contribution in [0.1, 0.15) is 24.5 Å². The van der Waals surface area contributed by atoms with Gasteiger partial charge in [-0.1, -0.05) is 0 Å². The number of hydrogen-bond acceptors (Lipinski definition) is 4. The van der Waals surface area contributed by atoms with Gasteiger partial charge in [0.1, 0.15) is 0 Å². The summed E-state index contributed by atoms with van der Waals surface area (Å²) < 4.78 is 0. The van der Waals surface area contributed by atoms with Crippen molar-refractivity contribution >= 4 is 17.3 Å². The Labute approximate surface area is 117 Å². The zero-order chi connectivity index (χ0) is 14.9. The van der Waals surface area contributed by atoms with E-state index in [2.05, 4.69) is 10.6 Å². The second kappa shape index (κ2) is 5.58. The average molecular weight is 277 g/mol. The summed E-state index contributed by atoms with van der Waals surface area (Å²) in [5.74, 6) is -0.168. The van der Waals surface area contributed by atoms with E-state index in [9.17, 15) is 14.9 Å². The molecule has 2 rings (SSSR count). The highest BCUT2D eigenvalue weighted by atomic mass is 16.6. The van der Waals surface area contributed by atoms with Crippen LogP contribution in [0.5, 0.6) is 0 Å². The third-order valence-electron chi connectivity index (χ3n) is 3.86. The first kappa shape index (κ1) is 14.5. The molecule has 1 aliphatic heterocycles. The van der Waals surface area contributed by atoms with Gasteiger partial charge in [0.25, 0.3) is 5.69 Å². The molecule has 1 aliphatic rings. The maximum absolute atomic E-state index is 12.2. The number of nitro groups is 1. The van der Waals surface area contributed by atoms with Crippen molar-refractivity contribution in [1.82, 2.24) is 5.32 Å².